The van der Waals surface area contributed by atoms with Crippen LogP contribution in [0.4, 0.5) is 13.2 Å². The largest absolute Gasteiger partial charge is 0.406 e. The Balaban J connectivity index is 2.91. The number of alkyl halides is 3. The van der Waals surface area contributed by atoms with Crippen LogP contribution in [0, 0.1) is 6.92 Å². The fourth-order valence-corrected chi connectivity index (χ4v) is 1.79. The Labute approximate surface area is 110 Å². The minimum atomic E-state index is -4.39. The third kappa shape index (κ3) is 4.25. The highest BCUT2D eigenvalue weighted by atomic mass is 19.4. The number of carbonyl (C=O) groups excluding carboxylic acids is 1. The molecular formula is C12H18F3N3O. The van der Waals surface area contributed by atoms with E-state index < -0.39 is 18.6 Å². The molecule has 1 aromatic rings. The molecule has 4 nitrogen and oxygen atoms in total. The van der Waals surface area contributed by atoms with Gasteiger partial charge >= 0.3 is 6.18 Å². The molecule has 0 aromatic carbocycles. The van der Waals surface area contributed by atoms with Crippen molar-refractivity contribution in [1.82, 2.24) is 14.7 Å². The minimum absolute atomic E-state index is 0.0107. The van der Waals surface area contributed by atoms with E-state index in [9.17, 15) is 18.0 Å². The van der Waals surface area contributed by atoms with Gasteiger partial charge in [0.05, 0.1) is 11.3 Å². The molecule has 0 fully saturated rings. The van der Waals surface area contributed by atoms with Crippen molar-refractivity contribution in [2.75, 3.05) is 13.1 Å². The first-order valence-electron chi connectivity index (χ1n) is 6.18. The van der Waals surface area contributed by atoms with E-state index in [0.29, 0.717) is 12.2 Å². The average molecular weight is 277 g/mol. The minimum Gasteiger partial charge on any atom is -0.330 e. The van der Waals surface area contributed by atoms with Crippen molar-refractivity contribution in [3.8, 4) is 0 Å². The second-order valence-electron chi connectivity index (χ2n) is 4.33. The van der Waals surface area contributed by atoms with E-state index in [1.54, 1.807) is 11.6 Å². The zero-order chi connectivity index (χ0) is 14.6. The summed E-state index contributed by atoms with van der Waals surface area (Å²) in [6.07, 6.45) is -2.03. The van der Waals surface area contributed by atoms with Crippen LogP contribution in [0.1, 0.15) is 36.3 Å². The highest BCUT2D eigenvalue weighted by Gasteiger charge is 2.33. The van der Waals surface area contributed by atoms with Crippen LogP contribution in [0.2, 0.25) is 0 Å². The summed E-state index contributed by atoms with van der Waals surface area (Å²) in [5, 5.41) is 4.12. The van der Waals surface area contributed by atoms with Crippen molar-refractivity contribution in [1.29, 1.82) is 0 Å². The molecule has 0 N–H and O–H groups in total. The van der Waals surface area contributed by atoms with Crippen LogP contribution < -0.4 is 0 Å². The van der Waals surface area contributed by atoms with Crippen LogP contribution in [0.15, 0.2) is 6.20 Å². The zero-order valence-corrected chi connectivity index (χ0v) is 11.3. The van der Waals surface area contributed by atoms with E-state index in [2.05, 4.69) is 5.10 Å². The highest BCUT2D eigenvalue weighted by Crippen LogP contribution is 2.19. The summed E-state index contributed by atoms with van der Waals surface area (Å²) in [7, 11) is 0. The fraction of sp³-hybridized carbons (Fsp3) is 0.667. The monoisotopic (exact) mass is 277 g/mol. The molecular weight excluding hydrogens is 259 g/mol. The zero-order valence-electron chi connectivity index (χ0n) is 11.3. The molecule has 1 rings (SSSR count). The Hall–Kier alpha value is -1.53. The predicted octanol–water partition coefficient (Wildman–Crippen LogP) is 2.63. The molecule has 0 aliphatic carbocycles. The van der Waals surface area contributed by atoms with Crippen molar-refractivity contribution in [2.45, 2.75) is 39.9 Å². The van der Waals surface area contributed by atoms with E-state index in [0.717, 1.165) is 11.3 Å². The van der Waals surface area contributed by atoms with Gasteiger partial charge in [-0.2, -0.15) is 18.3 Å². The molecule has 1 amide bonds. The number of aromatic nitrogens is 2. The quantitative estimate of drug-likeness (QED) is 0.829. The maximum atomic E-state index is 12.4. The van der Waals surface area contributed by atoms with E-state index in [-0.39, 0.29) is 12.1 Å². The predicted molar refractivity (Wildman–Crippen MR) is 64.9 cm³/mol. The molecule has 0 unspecified atom stereocenters. The molecule has 1 heterocycles. The topological polar surface area (TPSA) is 38.1 Å². The smallest absolute Gasteiger partial charge is 0.330 e. The highest BCUT2D eigenvalue weighted by molar-refractivity contribution is 5.95. The second-order valence-corrected chi connectivity index (χ2v) is 4.33. The van der Waals surface area contributed by atoms with Crippen molar-refractivity contribution in [2.24, 2.45) is 0 Å². The van der Waals surface area contributed by atoms with Gasteiger partial charge in [0, 0.05) is 19.3 Å². The Morgan fingerprint density at radius 2 is 2.05 bits per heavy atom. The molecule has 0 radical (unpaired) electrons. The molecule has 0 atom stereocenters. The van der Waals surface area contributed by atoms with Gasteiger partial charge in [0.15, 0.2) is 0 Å². The Morgan fingerprint density at radius 1 is 1.42 bits per heavy atom. The molecule has 0 spiro atoms. The maximum absolute atomic E-state index is 12.4. The van der Waals surface area contributed by atoms with Crippen LogP contribution >= 0.6 is 0 Å². The summed E-state index contributed by atoms with van der Waals surface area (Å²) in [5.74, 6) is -0.625. The number of halogens is 3. The summed E-state index contributed by atoms with van der Waals surface area (Å²) in [6, 6.07) is 0. The van der Waals surface area contributed by atoms with E-state index in [1.807, 2.05) is 6.92 Å². The van der Waals surface area contributed by atoms with Crippen LogP contribution in [0.25, 0.3) is 0 Å². The summed E-state index contributed by atoms with van der Waals surface area (Å²) in [6.45, 7) is 4.52. The Morgan fingerprint density at radius 3 is 2.53 bits per heavy atom. The van der Waals surface area contributed by atoms with Crippen LogP contribution in [-0.2, 0) is 6.54 Å². The second kappa shape index (κ2) is 6.08. The Kier molecular flexibility index (Phi) is 4.97. The number of hydrogen-bond donors (Lipinski definition) is 0. The van der Waals surface area contributed by atoms with E-state index in [4.69, 9.17) is 0 Å². The van der Waals surface area contributed by atoms with Gasteiger partial charge in [-0.15, -0.1) is 0 Å². The summed E-state index contributed by atoms with van der Waals surface area (Å²) < 4.78 is 38.7. The summed E-state index contributed by atoms with van der Waals surface area (Å²) >= 11 is 0. The van der Waals surface area contributed by atoms with Gasteiger partial charge in [0.1, 0.15) is 6.54 Å². The van der Waals surface area contributed by atoms with E-state index in [1.165, 1.54) is 13.1 Å². The lowest BCUT2D eigenvalue weighted by Crippen LogP contribution is -2.38. The average Bonchev–Trinajstić information content (AvgIpc) is 2.65. The lowest BCUT2D eigenvalue weighted by Gasteiger charge is -2.21. The lowest BCUT2D eigenvalue weighted by molar-refractivity contribution is -0.140. The molecule has 0 bridgehead atoms. The molecule has 0 aliphatic heterocycles. The molecule has 0 aliphatic rings. The number of nitrogens with zero attached hydrogens (tertiary/aromatic N) is 3. The molecule has 19 heavy (non-hydrogen) atoms. The number of hydrogen-bond acceptors (Lipinski definition) is 2. The van der Waals surface area contributed by atoms with Crippen molar-refractivity contribution in [3.05, 3.63) is 17.5 Å². The van der Waals surface area contributed by atoms with Crippen LogP contribution in [0.5, 0.6) is 0 Å². The third-order valence-electron chi connectivity index (χ3n) is 2.67. The van der Waals surface area contributed by atoms with Gasteiger partial charge in [-0.1, -0.05) is 6.92 Å². The van der Waals surface area contributed by atoms with Gasteiger partial charge in [-0.25, -0.2) is 0 Å². The number of aryl methyl sites for hydroxylation is 2. The SMILES string of the molecule is CCCn1cc(C(=O)N(CC)CC(F)(F)F)c(C)n1. The fourth-order valence-electron chi connectivity index (χ4n) is 1.79. The Bertz CT molecular complexity index is 440. The van der Waals surface area contributed by atoms with Crippen molar-refractivity contribution in [3.63, 3.8) is 0 Å². The van der Waals surface area contributed by atoms with Gasteiger partial charge in [0.2, 0.25) is 0 Å². The van der Waals surface area contributed by atoms with Gasteiger partial charge in [0.25, 0.3) is 5.91 Å². The van der Waals surface area contributed by atoms with Gasteiger partial charge < -0.3 is 4.90 Å². The summed E-state index contributed by atoms with van der Waals surface area (Å²) in [4.78, 5) is 12.8. The first kappa shape index (κ1) is 15.5. The first-order chi connectivity index (χ1) is 8.78. The van der Waals surface area contributed by atoms with Crippen molar-refractivity contribution < 1.29 is 18.0 Å². The van der Waals surface area contributed by atoms with Crippen LogP contribution in [0.3, 0.4) is 0 Å². The van der Waals surface area contributed by atoms with Gasteiger partial charge in [-0.3, -0.25) is 9.48 Å². The summed E-state index contributed by atoms with van der Waals surface area (Å²) in [5.41, 5.74) is 0.693. The number of amides is 1. The van der Waals surface area contributed by atoms with Gasteiger partial charge in [-0.05, 0) is 20.3 Å². The van der Waals surface area contributed by atoms with Crippen LogP contribution in [-0.4, -0.2) is 39.9 Å². The number of rotatable bonds is 5. The van der Waals surface area contributed by atoms with E-state index >= 15 is 0 Å². The molecule has 108 valence electrons. The molecule has 1 aromatic heterocycles. The molecule has 7 heteroatoms. The number of carbonyl (C=O) groups is 1. The molecule has 0 saturated heterocycles. The first-order valence-corrected chi connectivity index (χ1v) is 6.18. The standard InChI is InChI=1S/C12H18F3N3O/c1-4-6-18-7-10(9(3)16-18)11(19)17(5-2)8-12(13,14)15/h7H,4-6,8H2,1-3H3. The molecule has 0 saturated carbocycles. The third-order valence-corrected chi connectivity index (χ3v) is 2.67. The lowest BCUT2D eigenvalue weighted by atomic mass is 10.2. The maximum Gasteiger partial charge on any atom is 0.406 e. The van der Waals surface area contributed by atoms with Crippen molar-refractivity contribution >= 4 is 5.91 Å². The normalized spacial score (nSPS) is 11.7.